The normalized spacial score (nSPS) is 19.5. The molecule has 0 spiro atoms. The predicted molar refractivity (Wildman–Crippen MR) is 211 cm³/mol. The second kappa shape index (κ2) is 12.4. The third kappa shape index (κ3) is 6.33. The van der Waals surface area contributed by atoms with Gasteiger partial charge in [0.05, 0.1) is 0 Å². The zero-order chi connectivity index (χ0) is 36.9. The summed E-state index contributed by atoms with van der Waals surface area (Å²) in [6, 6.07) is 9.29. The van der Waals surface area contributed by atoms with Crippen LogP contribution in [0.25, 0.3) is 0 Å². The number of rotatable bonds is 0. The summed E-state index contributed by atoms with van der Waals surface area (Å²) in [5.41, 5.74) is 13.1. The predicted octanol–water partition coefficient (Wildman–Crippen LogP) is 9.49. The first-order chi connectivity index (χ1) is 24.3. The average molecular weight is 900 g/mol. The quantitative estimate of drug-likeness (QED) is 0.143. The molecule has 5 aliphatic rings. The van der Waals surface area contributed by atoms with Gasteiger partial charge in [0, 0.05) is 149 Å². The maximum absolute atomic E-state index is 6.98. The van der Waals surface area contributed by atoms with Crippen molar-refractivity contribution in [3.8, 4) is 46.0 Å². The van der Waals surface area contributed by atoms with Crippen LogP contribution in [0.5, 0.6) is 46.0 Å². The Morgan fingerprint density at radius 2 is 0.434 bits per heavy atom. The van der Waals surface area contributed by atoms with Crippen LogP contribution in [0, 0.1) is 76.6 Å². The summed E-state index contributed by atoms with van der Waals surface area (Å²) in [7, 11) is -11.1. The van der Waals surface area contributed by atoms with Crippen molar-refractivity contribution in [2.75, 3.05) is 0 Å². The van der Waals surface area contributed by atoms with Gasteiger partial charge in [-0.25, -0.2) is 0 Å². The summed E-state index contributed by atoms with van der Waals surface area (Å²) < 4.78 is 55.8. The van der Waals surface area contributed by atoms with Gasteiger partial charge in [0.25, 0.3) is 0 Å². The van der Waals surface area contributed by atoms with Gasteiger partial charge in [-0.05, 0) is 96.5 Å². The minimum absolute atomic E-state index is 0. The zero-order valence-electron chi connectivity index (χ0n) is 32.8. The topological polar surface area (TPSA) is 73.8 Å². The Balaban J connectivity index is 0.00000400. The first-order valence-electron chi connectivity index (χ1n) is 18.4. The van der Waals surface area contributed by atoms with E-state index in [-0.39, 0.29) is 48.9 Å². The SMILES string of the molecule is Cc1c2c3cc4c1O[Si](C)(C)Oc1c(cc5c(c1C)O[Si](C)(C)Oc1c(cc6c(c1C)O[Si](C)(C)Oc1c(cc(c(c1C)O[Si](C)(C)O2)C3)C6)C5)C4.[Xe]. The van der Waals surface area contributed by atoms with E-state index in [1.54, 1.807) is 0 Å². The molecule has 8 bridgehead atoms. The van der Waals surface area contributed by atoms with E-state index in [1.807, 2.05) is 0 Å². The fourth-order valence-corrected chi connectivity index (χ4v) is 15.1. The molecule has 4 aliphatic heterocycles. The second-order valence-corrected chi connectivity index (χ2v) is 29.9. The van der Waals surface area contributed by atoms with Gasteiger partial charge in [0.1, 0.15) is 46.0 Å². The average Bonchev–Trinajstić information content (AvgIpc) is 3.01. The van der Waals surface area contributed by atoms with Gasteiger partial charge in [0.2, 0.25) is 0 Å². The molecule has 1 aliphatic carbocycles. The van der Waals surface area contributed by atoms with E-state index in [2.05, 4.69) is 104 Å². The van der Waals surface area contributed by atoms with E-state index in [0.717, 1.165) is 113 Å². The Morgan fingerprint density at radius 1 is 0.302 bits per heavy atom. The molecule has 0 saturated heterocycles. The molecule has 0 unspecified atom stereocenters. The van der Waals surface area contributed by atoms with Crippen LogP contribution in [0.1, 0.15) is 66.8 Å². The van der Waals surface area contributed by atoms with Crippen molar-refractivity contribution >= 4 is 34.2 Å². The number of hydrogen-bond acceptors (Lipinski definition) is 8. The Morgan fingerprint density at radius 3 is 0.566 bits per heavy atom. The Hall–Kier alpha value is -2.28. The molecule has 0 N–H and O–H groups in total. The van der Waals surface area contributed by atoms with E-state index >= 15 is 0 Å². The Labute approximate surface area is 357 Å². The zero-order valence-corrected chi connectivity index (χ0v) is 38.8. The Bertz CT molecular complexity index is 1840. The fraction of sp³-hybridized carbons (Fsp3) is 0.400. The van der Waals surface area contributed by atoms with Crippen LogP contribution < -0.4 is 35.4 Å². The largest absolute Gasteiger partial charge is 0.511 e. The molecule has 0 fully saturated rings. The van der Waals surface area contributed by atoms with E-state index in [9.17, 15) is 0 Å². The maximum Gasteiger partial charge on any atom is 0.454 e. The summed E-state index contributed by atoms with van der Waals surface area (Å²) in [6.45, 7) is 25.4. The molecule has 0 atom stereocenters. The molecule has 8 nitrogen and oxygen atoms in total. The maximum atomic E-state index is 6.98. The molecule has 9 rings (SSSR count). The molecule has 0 amide bonds. The minimum atomic E-state index is -2.77. The summed E-state index contributed by atoms with van der Waals surface area (Å²) >= 11 is 0. The summed E-state index contributed by atoms with van der Waals surface area (Å²) in [5.74, 6) is 6.91. The van der Waals surface area contributed by atoms with E-state index in [4.69, 9.17) is 35.4 Å². The smallest absolute Gasteiger partial charge is 0.454 e. The van der Waals surface area contributed by atoms with Gasteiger partial charge < -0.3 is 35.4 Å². The van der Waals surface area contributed by atoms with Crippen molar-refractivity contribution < 1.29 is 84.3 Å². The molecule has 13 heteroatoms. The van der Waals surface area contributed by atoms with Crippen LogP contribution >= 0.6 is 0 Å². The van der Waals surface area contributed by atoms with Crippen LogP contribution in [0.3, 0.4) is 0 Å². The molecule has 0 aromatic heterocycles. The van der Waals surface area contributed by atoms with E-state index in [1.165, 1.54) is 0 Å². The number of hydrogen-bond donors (Lipinski definition) is 0. The Kier molecular flexibility index (Phi) is 8.78. The summed E-state index contributed by atoms with van der Waals surface area (Å²) in [5, 5.41) is 0. The van der Waals surface area contributed by atoms with E-state index in [0.29, 0.717) is 25.7 Å². The van der Waals surface area contributed by atoms with Crippen LogP contribution in [0.15, 0.2) is 24.3 Å². The van der Waals surface area contributed by atoms with Crippen molar-refractivity contribution in [2.24, 2.45) is 0 Å². The van der Waals surface area contributed by atoms with Gasteiger partial charge >= 0.3 is 34.2 Å². The second-order valence-electron chi connectivity index (χ2n) is 17.0. The van der Waals surface area contributed by atoms with Crippen LogP contribution in [0.2, 0.25) is 52.4 Å². The van der Waals surface area contributed by atoms with Gasteiger partial charge in [-0.2, -0.15) is 0 Å². The van der Waals surface area contributed by atoms with Gasteiger partial charge in [-0.15, -0.1) is 0 Å². The van der Waals surface area contributed by atoms with Crippen molar-refractivity contribution in [3.05, 3.63) is 91.0 Å². The van der Waals surface area contributed by atoms with Crippen LogP contribution in [-0.2, 0) is 25.7 Å². The third-order valence-corrected chi connectivity index (χ3v) is 16.3. The van der Waals surface area contributed by atoms with E-state index < -0.39 is 34.2 Å². The summed E-state index contributed by atoms with van der Waals surface area (Å²) in [6.07, 6.45) is 2.61. The van der Waals surface area contributed by atoms with Gasteiger partial charge in [-0.1, -0.05) is 0 Å². The molecular weight excluding hydrogens is 852 g/mol. The van der Waals surface area contributed by atoms with Crippen molar-refractivity contribution in [1.29, 1.82) is 0 Å². The molecule has 280 valence electrons. The molecule has 53 heavy (non-hydrogen) atoms. The molecular formula is C40H48O8Si4Xe. The van der Waals surface area contributed by atoms with Crippen LogP contribution in [-0.4, -0.2) is 34.2 Å². The summed E-state index contributed by atoms with van der Waals surface area (Å²) in [4.78, 5) is 0. The van der Waals surface area contributed by atoms with Gasteiger partial charge in [-0.3, -0.25) is 0 Å². The molecule has 4 aromatic rings. The van der Waals surface area contributed by atoms with Crippen LogP contribution in [0.4, 0.5) is 0 Å². The molecule has 0 radical (unpaired) electrons. The molecule has 0 saturated carbocycles. The van der Waals surface area contributed by atoms with Crippen molar-refractivity contribution in [2.45, 2.75) is 106 Å². The molecule has 4 heterocycles. The monoisotopic (exact) mass is 900 g/mol. The fourth-order valence-electron chi connectivity index (χ4n) is 8.76. The van der Waals surface area contributed by atoms with Crippen molar-refractivity contribution in [3.63, 3.8) is 0 Å². The first-order valence-corrected chi connectivity index (χ1v) is 29.7. The standard InChI is InChI=1S/C40H48O8Si4.Xe/c1-21-33-25-13-26-18-28-15-30-20-32-16-31-19-29-14-27(17-25)35(43-49(5,6)41-33)22(2)37(29)45-51(9,10)47-39(31)24(4)40(32)48-52(11,12)46-38(30)23(3)36(28)44-50(7,8)42-34(21)26;/h13-16H,17-20H2,1-12H3;. The minimum Gasteiger partial charge on any atom is -0.511 e. The van der Waals surface area contributed by atoms with Crippen molar-refractivity contribution in [1.82, 2.24) is 0 Å². The molecule has 4 aromatic carbocycles. The number of benzene rings is 4. The first kappa shape index (κ1) is 37.6. The third-order valence-electron chi connectivity index (χ3n) is 10.8. The van der Waals surface area contributed by atoms with Gasteiger partial charge in [0.15, 0.2) is 0 Å².